The molecule has 0 aliphatic heterocycles. The summed E-state index contributed by atoms with van der Waals surface area (Å²) in [5, 5.41) is 4.12. The van der Waals surface area contributed by atoms with Gasteiger partial charge >= 0.3 is 5.97 Å². The van der Waals surface area contributed by atoms with E-state index in [2.05, 4.69) is 9.67 Å². The molecule has 0 radical (unpaired) electrons. The fourth-order valence-corrected chi connectivity index (χ4v) is 3.43. The van der Waals surface area contributed by atoms with Crippen molar-refractivity contribution in [3.8, 4) is 0 Å². The lowest BCUT2D eigenvalue weighted by molar-refractivity contribution is -0.137. The normalized spacial score (nSPS) is 13.7. The van der Waals surface area contributed by atoms with Crippen molar-refractivity contribution >= 4 is 17.5 Å². The zero-order valence-corrected chi connectivity index (χ0v) is 15.8. The summed E-state index contributed by atoms with van der Waals surface area (Å²) in [6.07, 6.45) is 2.24. The summed E-state index contributed by atoms with van der Waals surface area (Å²) >= 11 is 0. The van der Waals surface area contributed by atoms with Crippen molar-refractivity contribution in [2.75, 3.05) is 6.61 Å². The van der Waals surface area contributed by atoms with Crippen molar-refractivity contribution in [2.24, 2.45) is 7.05 Å². The maximum atomic E-state index is 12.5. The maximum absolute atomic E-state index is 12.5. The number of hydrogen-bond donors (Lipinski definition) is 0. The Morgan fingerprint density at radius 3 is 2.35 bits per heavy atom. The van der Waals surface area contributed by atoms with E-state index in [1.165, 1.54) is 4.68 Å². The van der Waals surface area contributed by atoms with Gasteiger partial charge in [-0.1, -0.05) is 0 Å². The van der Waals surface area contributed by atoms with E-state index < -0.39 is 18.4 Å². The Bertz CT molecular complexity index is 916. The Kier molecular flexibility index (Phi) is 4.56. The standard InChI is InChI=1S/C19H23N3O4/c1-10-8-15(12(3)22(10)14-6-7-14)16(23)9-26-19(25)18(24)17-11(2)20-21(5)13(17)4/h8,14H,6-7,9H2,1-5H3. The van der Waals surface area contributed by atoms with Crippen LogP contribution in [0.1, 0.15) is 62.4 Å². The van der Waals surface area contributed by atoms with Crippen molar-refractivity contribution in [3.63, 3.8) is 0 Å². The molecule has 0 spiro atoms. The van der Waals surface area contributed by atoms with Gasteiger partial charge in [0.25, 0.3) is 5.78 Å². The van der Waals surface area contributed by atoms with Crippen LogP contribution in [0.25, 0.3) is 0 Å². The first kappa shape index (κ1) is 18.1. The van der Waals surface area contributed by atoms with Gasteiger partial charge in [-0.25, -0.2) is 4.79 Å². The molecule has 7 heteroatoms. The number of carbonyl (C=O) groups is 3. The molecule has 0 unspecified atom stereocenters. The van der Waals surface area contributed by atoms with Crippen LogP contribution in [0.2, 0.25) is 0 Å². The van der Waals surface area contributed by atoms with Crippen molar-refractivity contribution in [1.82, 2.24) is 14.3 Å². The summed E-state index contributed by atoms with van der Waals surface area (Å²) in [6, 6.07) is 2.29. The van der Waals surface area contributed by atoms with Crippen LogP contribution in [0.4, 0.5) is 0 Å². The first-order valence-corrected chi connectivity index (χ1v) is 8.65. The van der Waals surface area contributed by atoms with Crippen molar-refractivity contribution in [1.29, 1.82) is 0 Å². The summed E-state index contributed by atoms with van der Waals surface area (Å²) in [5.41, 5.74) is 3.74. The average molecular weight is 357 g/mol. The van der Waals surface area contributed by atoms with Crippen molar-refractivity contribution in [2.45, 2.75) is 46.6 Å². The SMILES string of the molecule is Cc1nn(C)c(C)c1C(=O)C(=O)OCC(=O)c1cc(C)n(C2CC2)c1C. The average Bonchev–Trinajstić information content (AvgIpc) is 3.32. The number of nitrogens with zero attached hydrogens (tertiary/aromatic N) is 3. The van der Waals surface area contributed by atoms with Crippen LogP contribution >= 0.6 is 0 Å². The Labute approximate surface area is 151 Å². The summed E-state index contributed by atoms with van der Waals surface area (Å²) < 4.78 is 8.68. The Morgan fingerprint density at radius 2 is 1.81 bits per heavy atom. The van der Waals surface area contributed by atoms with Crippen LogP contribution in [0, 0.1) is 27.7 Å². The van der Waals surface area contributed by atoms with Gasteiger partial charge in [0.15, 0.2) is 6.61 Å². The van der Waals surface area contributed by atoms with E-state index in [9.17, 15) is 14.4 Å². The number of carbonyl (C=O) groups excluding carboxylic acids is 3. The van der Waals surface area contributed by atoms with Crippen LogP contribution in [0.3, 0.4) is 0 Å². The van der Waals surface area contributed by atoms with Crippen LogP contribution in [0.15, 0.2) is 6.07 Å². The van der Waals surface area contributed by atoms with Crippen LogP contribution in [-0.4, -0.2) is 38.5 Å². The molecule has 1 aliphatic rings. The number of Topliss-reactive ketones (excluding diaryl/α,β-unsaturated/α-hetero) is 2. The van der Waals surface area contributed by atoms with Crippen LogP contribution in [-0.2, 0) is 16.6 Å². The summed E-state index contributed by atoms with van der Waals surface area (Å²) in [7, 11) is 1.70. The molecule has 1 aliphatic carbocycles. The van der Waals surface area contributed by atoms with Gasteiger partial charge in [-0.2, -0.15) is 5.10 Å². The molecule has 1 fully saturated rings. The van der Waals surface area contributed by atoms with Gasteiger partial charge < -0.3 is 9.30 Å². The fraction of sp³-hybridized carbons (Fsp3) is 0.474. The summed E-state index contributed by atoms with van der Waals surface area (Å²) in [6.45, 7) is 6.78. The fourth-order valence-electron chi connectivity index (χ4n) is 3.43. The van der Waals surface area contributed by atoms with Gasteiger partial charge in [0.05, 0.1) is 11.3 Å². The van der Waals surface area contributed by atoms with E-state index in [0.717, 1.165) is 24.2 Å². The van der Waals surface area contributed by atoms with Crippen molar-refractivity contribution in [3.05, 3.63) is 40.0 Å². The topological polar surface area (TPSA) is 83.2 Å². The molecule has 2 heterocycles. The number of hydrogen-bond acceptors (Lipinski definition) is 5. The smallest absolute Gasteiger partial charge is 0.380 e. The molecule has 7 nitrogen and oxygen atoms in total. The summed E-state index contributed by atoms with van der Waals surface area (Å²) in [5.74, 6) is -2.11. The molecule has 26 heavy (non-hydrogen) atoms. The molecule has 0 N–H and O–H groups in total. The van der Waals surface area contributed by atoms with Crippen LogP contribution < -0.4 is 0 Å². The van der Waals surface area contributed by atoms with E-state index in [-0.39, 0.29) is 11.3 Å². The lowest BCUT2D eigenvalue weighted by Crippen LogP contribution is -2.22. The zero-order valence-electron chi connectivity index (χ0n) is 15.8. The third-order valence-electron chi connectivity index (χ3n) is 4.95. The van der Waals surface area contributed by atoms with Crippen LogP contribution in [0.5, 0.6) is 0 Å². The molecule has 0 bridgehead atoms. The lowest BCUT2D eigenvalue weighted by atomic mass is 10.1. The van der Waals surface area contributed by atoms with Gasteiger partial charge in [-0.3, -0.25) is 14.3 Å². The molecular formula is C19H23N3O4. The minimum atomic E-state index is -1.03. The second-order valence-corrected chi connectivity index (χ2v) is 6.88. The second kappa shape index (κ2) is 6.55. The van der Waals surface area contributed by atoms with E-state index in [1.807, 2.05) is 19.9 Å². The highest BCUT2D eigenvalue weighted by atomic mass is 16.5. The highest BCUT2D eigenvalue weighted by Gasteiger charge is 2.29. The quantitative estimate of drug-likeness (QED) is 0.450. The number of ether oxygens (including phenoxy) is 1. The predicted octanol–water partition coefficient (Wildman–Crippen LogP) is 2.40. The third kappa shape index (κ3) is 3.09. The maximum Gasteiger partial charge on any atom is 0.380 e. The highest BCUT2D eigenvalue weighted by Crippen LogP contribution is 2.38. The summed E-state index contributed by atoms with van der Waals surface area (Å²) in [4.78, 5) is 36.9. The Hall–Kier alpha value is -2.70. The van der Waals surface area contributed by atoms with E-state index in [0.29, 0.717) is 23.0 Å². The van der Waals surface area contributed by atoms with E-state index >= 15 is 0 Å². The molecule has 2 aromatic rings. The third-order valence-corrected chi connectivity index (χ3v) is 4.95. The minimum Gasteiger partial charge on any atom is -0.451 e. The van der Waals surface area contributed by atoms with E-state index in [4.69, 9.17) is 4.74 Å². The molecule has 0 saturated heterocycles. The highest BCUT2D eigenvalue weighted by molar-refractivity contribution is 6.41. The number of esters is 1. The number of ketones is 2. The second-order valence-electron chi connectivity index (χ2n) is 6.88. The van der Waals surface area contributed by atoms with Crippen molar-refractivity contribution < 1.29 is 19.1 Å². The van der Waals surface area contributed by atoms with Gasteiger partial charge in [-0.15, -0.1) is 0 Å². The number of aryl methyl sites for hydroxylation is 3. The largest absolute Gasteiger partial charge is 0.451 e. The molecule has 0 amide bonds. The monoisotopic (exact) mass is 357 g/mol. The molecule has 2 aromatic heterocycles. The first-order chi connectivity index (χ1) is 12.2. The number of aromatic nitrogens is 3. The Balaban J connectivity index is 1.69. The lowest BCUT2D eigenvalue weighted by Gasteiger charge is -2.08. The van der Waals surface area contributed by atoms with Gasteiger partial charge in [0.1, 0.15) is 0 Å². The molecular weight excluding hydrogens is 334 g/mol. The van der Waals surface area contributed by atoms with Gasteiger partial charge in [-0.05, 0) is 46.6 Å². The van der Waals surface area contributed by atoms with E-state index in [1.54, 1.807) is 20.9 Å². The minimum absolute atomic E-state index is 0.233. The molecule has 0 atom stereocenters. The molecule has 0 aromatic carbocycles. The zero-order chi connectivity index (χ0) is 19.2. The van der Waals surface area contributed by atoms with Gasteiger partial charge in [0.2, 0.25) is 5.78 Å². The number of rotatable bonds is 6. The van der Waals surface area contributed by atoms with Gasteiger partial charge in [0, 0.05) is 35.7 Å². The first-order valence-electron chi connectivity index (χ1n) is 8.65. The molecule has 1 saturated carbocycles. The predicted molar refractivity (Wildman–Crippen MR) is 94.5 cm³/mol. The Morgan fingerprint density at radius 1 is 1.15 bits per heavy atom. The molecule has 3 rings (SSSR count). The molecule has 138 valence electrons.